The molecule has 0 aliphatic carbocycles. The fourth-order valence-corrected chi connectivity index (χ4v) is 3.37. The molecule has 3 N–H and O–H groups in total. The Morgan fingerprint density at radius 3 is 2.59 bits per heavy atom. The number of nitrogens with zero attached hydrogens (tertiary/aromatic N) is 2. The van der Waals surface area contributed by atoms with E-state index in [1.807, 2.05) is 6.07 Å². The van der Waals surface area contributed by atoms with Gasteiger partial charge in [0.2, 0.25) is 0 Å². The van der Waals surface area contributed by atoms with E-state index in [1.54, 1.807) is 18.2 Å². The van der Waals surface area contributed by atoms with Crippen LogP contribution >= 0.6 is 11.6 Å². The quantitative estimate of drug-likeness (QED) is 0.378. The molecule has 6 nitrogen and oxygen atoms in total. The van der Waals surface area contributed by atoms with Crippen LogP contribution in [0.1, 0.15) is 44.0 Å². The molecule has 2 rings (SSSR count). The molecule has 1 aliphatic rings. The Bertz CT molecular complexity index is 627. The van der Waals surface area contributed by atoms with Gasteiger partial charge in [-0.15, -0.1) is 0 Å². The maximum atomic E-state index is 12.2. The molecule has 1 fully saturated rings. The first-order valence-corrected chi connectivity index (χ1v) is 10.2. The van der Waals surface area contributed by atoms with E-state index < -0.39 is 0 Å². The zero-order valence-electron chi connectivity index (χ0n) is 16.6. The van der Waals surface area contributed by atoms with Crippen LogP contribution in [0.4, 0.5) is 0 Å². The van der Waals surface area contributed by atoms with Crippen molar-refractivity contribution in [3.8, 4) is 0 Å². The lowest BCUT2D eigenvalue weighted by Crippen LogP contribution is -2.50. The minimum Gasteiger partial charge on any atom is -0.357 e. The lowest BCUT2D eigenvalue weighted by molar-refractivity contribution is 0.0955. The van der Waals surface area contributed by atoms with Crippen LogP contribution in [0.3, 0.4) is 0 Å². The third kappa shape index (κ3) is 7.03. The van der Waals surface area contributed by atoms with Gasteiger partial charge in [-0.25, -0.2) is 0 Å². The predicted octanol–water partition coefficient (Wildman–Crippen LogP) is 2.50. The SMILES string of the molecule is CCNC(=NCCNC(=O)c1ccccc1Cl)NC1CCN(C(C)C)CC1. The summed E-state index contributed by atoms with van der Waals surface area (Å²) in [4.78, 5) is 19.2. The van der Waals surface area contributed by atoms with E-state index in [0.29, 0.717) is 35.8 Å². The van der Waals surface area contributed by atoms with Gasteiger partial charge >= 0.3 is 0 Å². The number of hydrogen-bond donors (Lipinski definition) is 3. The number of rotatable bonds is 7. The van der Waals surface area contributed by atoms with E-state index >= 15 is 0 Å². The lowest BCUT2D eigenvalue weighted by Gasteiger charge is -2.35. The van der Waals surface area contributed by atoms with Crippen molar-refractivity contribution in [2.45, 2.75) is 45.7 Å². The minimum absolute atomic E-state index is 0.171. The molecule has 0 spiro atoms. The fraction of sp³-hybridized carbons (Fsp3) is 0.600. The van der Waals surface area contributed by atoms with Crippen molar-refractivity contribution in [3.63, 3.8) is 0 Å². The summed E-state index contributed by atoms with van der Waals surface area (Å²) in [6.07, 6.45) is 2.23. The summed E-state index contributed by atoms with van der Waals surface area (Å²) in [6, 6.07) is 8.09. The molecule has 0 saturated carbocycles. The van der Waals surface area contributed by atoms with Crippen molar-refractivity contribution in [2.75, 3.05) is 32.7 Å². The molecule has 0 atom stereocenters. The summed E-state index contributed by atoms with van der Waals surface area (Å²) in [5.74, 6) is 0.641. The summed E-state index contributed by atoms with van der Waals surface area (Å²) < 4.78 is 0. The molecule has 1 saturated heterocycles. The number of hydrogen-bond acceptors (Lipinski definition) is 3. The van der Waals surface area contributed by atoms with Crippen LogP contribution in [-0.2, 0) is 0 Å². The van der Waals surface area contributed by atoms with Crippen molar-refractivity contribution in [1.82, 2.24) is 20.9 Å². The number of benzene rings is 1. The van der Waals surface area contributed by atoms with Gasteiger partial charge in [0.15, 0.2) is 5.96 Å². The van der Waals surface area contributed by atoms with Gasteiger partial charge in [-0.3, -0.25) is 9.79 Å². The third-order valence-electron chi connectivity index (χ3n) is 4.73. The van der Waals surface area contributed by atoms with Crippen molar-refractivity contribution in [1.29, 1.82) is 0 Å². The number of halogens is 1. The summed E-state index contributed by atoms with van der Waals surface area (Å²) >= 11 is 6.05. The Kier molecular flexibility index (Phi) is 8.88. The molecule has 1 heterocycles. The molecular weight excluding hydrogens is 362 g/mol. The summed E-state index contributed by atoms with van der Waals surface area (Å²) in [5, 5.41) is 10.1. The molecule has 0 radical (unpaired) electrons. The van der Waals surface area contributed by atoms with Crippen LogP contribution < -0.4 is 16.0 Å². The Morgan fingerprint density at radius 2 is 1.96 bits per heavy atom. The molecule has 7 heteroatoms. The molecule has 0 unspecified atom stereocenters. The zero-order valence-corrected chi connectivity index (χ0v) is 17.4. The van der Waals surface area contributed by atoms with Crippen LogP contribution in [-0.4, -0.2) is 61.6 Å². The molecule has 1 aromatic carbocycles. The van der Waals surface area contributed by atoms with E-state index in [4.69, 9.17) is 11.6 Å². The largest absolute Gasteiger partial charge is 0.357 e. The maximum absolute atomic E-state index is 12.2. The number of carbonyl (C=O) groups excluding carboxylic acids is 1. The molecule has 27 heavy (non-hydrogen) atoms. The number of amides is 1. The number of nitrogens with one attached hydrogen (secondary N) is 3. The van der Waals surface area contributed by atoms with Gasteiger partial charge in [0.25, 0.3) is 5.91 Å². The molecule has 0 aromatic heterocycles. The van der Waals surface area contributed by atoms with Gasteiger partial charge in [0.05, 0.1) is 17.1 Å². The van der Waals surface area contributed by atoms with Gasteiger partial charge in [-0.2, -0.15) is 0 Å². The highest BCUT2D eigenvalue weighted by molar-refractivity contribution is 6.33. The standard InChI is InChI=1S/C20H32ClN5O/c1-4-22-20(25-16-9-13-26(14-10-16)15(2)3)24-12-11-23-19(27)17-7-5-6-8-18(17)21/h5-8,15-16H,4,9-14H2,1-3H3,(H,23,27)(H2,22,24,25). The normalized spacial score (nSPS) is 16.4. The number of guanidine groups is 1. The Morgan fingerprint density at radius 1 is 1.26 bits per heavy atom. The molecule has 0 bridgehead atoms. The maximum Gasteiger partial charge on any atom is 0.252 e. The van der Waals surface area contributed by atoms with E-state index in [-0.39, 0.29) is 5.91 Å². The minimum atomic E-state index is -0.171. The van der Waals surface area contributed by atoms with Crippen molar-refractivity contribution in [3.05, 3.63) is 34.9 Å². The second-order valence-corrected chi connectivity index (χ2v) is 7.45. The van der Waals surface area contributed by atoms with E-state index in [0.717, 1.165) is 38.4 Å². The Balaban J connectivity index is 1.78. The van der Waals surface area contributed by atoms with Crippen molar-refractivity contribution in [2.24, 2.45) is 4.99 Å². The fourth-order valence-electron chi connectivity index (χ4n) is 3.15. The van der Waals surface area contributed by atoms with E-state index in [2.05, 4.69) is 46.6 Å². The zero-order chi connectivity index (χ0) is 19.6. The molecular formula is C20H32ClN5O. The monoisotopic (exact) mass is 393 g/mol. The first-order valence-electron chi connectivity index (χ1n) is 9.83. The van der Waals surface area contributed by atoms with Gasteiger partial charge < -0.3 is 20.9 Å². The number of aliphatic imine (C=N–C) groups is 1. The van der Waals surface area contributed by atoms with Crippen LogP contribution in [0.5, 0.6) is 0 Å². The highest BCUT2D eigenvalue weighted by Gasteiger charge is 2.21. The van der Waals surface area contributed by atoms with E-state index in [1.165, 1.54) is 0 Å². The van der Waals surface area contributed by atoms with Crippen molar-refractivity contribution < 1.29 is 4.79 Å². The summed E-state index contributed by atoms with van der Waals surface area (Å²) in [5.41, 5.74) is 0.491. The van der Waals surface area contributed by atoms with Gasteiger partial charge in [0.1, 0.15) is 0 Å². The van der Waals surface area contributed by atoms with Crippen LogP contribution in [0, 0.1) is 0 Å². The van der Waals surface area contributed by atoms with Crippen LogP contribution in [0.25, 0.3) is 0 Å². The number of likely N-dealkylation sites (tertiary alicyclic amines) is 1. The smallest absolute Gasteiger partial charge is 0.252 e. The number of carbonyl (C=O) groups is 1. The summed E-state index contributed by atoms with van der Waals surface area (Å²) in [7, 11) is 0. The predicted molar refractivity (Wildman–Crippen MR) is 113 cm³/mol. The molecule has 150 valence electrons. The van der Waals surface area contributed by atoms with Crippen LogP contribution in [0.2, 0.25) is 5.02 Å². The third-order valence-corrected chi connectivity index (χ3v) is 5.06. The highest BCUT2D eigenvalue weighted by Crippen LogP contribution is 2.14. The first-order chi connectivity index (χ1) is 13.0. The second kappa shape index (κ2) is 11.1. The molecule has 1 aliphatic heterocycles. The second-order valence-electron chi connectivity index (χ2n) is 7.04. The summed E-state index contributed by atoms with van der Waals surface area (Å²) in [6.45, 7) is 10.6. The Hall–Kier alpha value is -1.79. The van der Waals surface area contributed by atoms with Gasteiger partial charge in [0, 0.05) is 38.3 Å². The first kappa shape index (κ1) is 21.5. The average Bonchev–Trinajstić information content (AvgIpc) is 2.66. The molecule has 1 amide bonds. The number of piperidine rings is 1. The van der Waals surface area contributed by atoms with Gasteiger partial charge in [-0.1, -0.05) is 23.7 Å². The van der Waals surface area contributed by atoms with Crippen LogP contribution in [0.15, 0.2) is 29.3 Å². The average molecular weight is 394 g/mol. The molecule has 1 aromatic rings. The van der Waals surface area contributed by atoms with E-state index in [9.17, 15) is 4.79 Å². The topological polar surface area (TPSA) is 68.8 Å². The Labute approximate surface area is 167 Å². The van der Waals surface area contributed by atoms with Gasteiger partial charge in [-0.05, 0) is 45.7 Å². The van der Waals surface area contributed by atoms with Crippen molar-refractivity contribution >= 4 is 23.5 Å². The lowest BCUT2D eigenvalue weighted by atomic mass is 10.0. The highest BCUT2D eigenvalue weighted by atomic mass is 35.5.